The number of hydrogen-bond acceptors (Lipinski definition) is 2. The standard InChI is InChI=1S/C18H32N4/c1-15(2)8-7-11-20-18(19-3)21-13-16-9-6-10-17(12-16)14-22(4)5/h6,9-10,12,15H,7-8,11,13-14H2,1-5H3,(H2,19,20,21). The number of guanidine groups is 1. The van der Waals surface area contributed by atoms with E-state index in [0.717, 1.165) is 31.5 Å². The van der Waals surface area contributed by atoms with Gasteiger partial charge in [-0.3, -0.25) is 4.99 Å². The van der Waals surface area contributed by atoms with E-state index in [0.29, 0.717) is 0 Å². The van der Waals surface area contributed by atoms with Gasteiger partial charge in [0.25, 0.3) is 0 Å². The lowest BCUT2D eigenvalue weighted by atomic mass is 10.1. The van der Waals surface area contributed by atoms with Crippen LogP contribution in [0, 0.1) is 5.92 Å². The Balaban J connectivity index is 2.39. The summed E-state index contributed by atoms with van der Waals surface area (Å²) in [6.07, 6.45) is 2.42. The van der Waals surface area contributed by atoms with Crippen molar-refractivity contribution >= 4 is 5.96 Å². The first-order valence-electron chi connectivity index (χ1n) is 8.18. The van der Waals surface area contributed by atoms with Crippen LogP contribution in [0.25, 0.3) is 0 Å². The normalized spacial score (nSPS) is 12.0. The van der Waals surface area contributed by atoms with Gasteiger partial charge in [0.05, 0.1) is 0 Å². The number of benzene rings is 1. The minimum atomic E-state index is 0.760. The van der Waals surface area contributed by atoms with E-state index in [9.17, 15) is 0 Å². The number of rotatable bonds is 8. The quantitative estimate of drug-likeness (QED) is 0.441. The Kier molecular flexibility index (Phi) is 8.60. The molecule has 1 aromatic carbocycles. The molecule has 0 heterocycles. The molecule has 0 radical (unpaired) electrons. The molecule has 0 saturated heterocycles. The van der Waals surface area contributed by atoms with Crippen LogP contribution in [-0.2, 0) is 13.1 Å². The van der Waals surface area contributed by atoms with Gasteiger partial charge in [0.2, 0.25) is 0 Å². The molecule has 0 spiro atoms. The second-order valence-corrected chi connectivity index (χ2v) is 6.45. The first kappa shape index (κ1) is 18.5. The van der Waals surface area contributed by atoms with Gasteiger partial charge in [-0.25, -0.2) is 0 Å². The molecule has 0 saturated carbocycles. The molecule has 4 nitrogen and oxygen atoms in total. The van der Waals surface area contributed by atoms with E-state index in [1.165, 1.54) is 24.0 Å². The summed E-state index contributed by atoms with van der Waals surface area (Å²) < 4.78 is 0. The van der Waals surface area contributed by atoms with Crippen molar-refractivity contribution in [1.82, 2.24) is 15.5 Å². The maximum absolute atomic E-state index is 4.28. The Morgan fingerprint density at radius 1 is 1.18 bits per heavy atom. The van der Waals surface area contributed by atoms with Gasteiger partial charge in [0.15, 0.2) is 5.96 Å². The molecule has 0 unspecified atom stereocenters. The van der Waals surface area contributed by atoms with Gasteiger partial charge in [-0.1, -0.05) is 38.1 Å². The molecular weight excluding hydrogens is 272 g/mol. The number of aliphatic imine (C=N–C) groups is 1. The Morgan fingerprint density at radius 3 is 2.55 bits per heavy atom. The smallest absolute Gasteiger partial charge is 0.191 e. The molecule has 1 aromatic rings. The van der Waals surface area contributed by atoms with Gasteiger partial charge in [-0.05, 0) is 44.0 Å². The molecule has 0 aliphatic heterocycles. The van der Waals surface area contributed by atoms with E-state index < -0.39 is 0 Å². The highest BCUT2D eigenvalue weighted by molar-refractivity contribution is 5.79. The minimum Gasteiger partial charge on any atom is -0.356 e. The van der Waals surface area contributed by atoms with Crippen LogP contribution in [0.1, 0.15) is 37.8 Å². The third-order valence-corrected chi connectivity index (χ3v) is 3.42. The summed E-state index contributed by atoms with van der Waals surface area (Å²) in [5.74, 6) is 1.64. The monoisotopic (exact) mass is 304 g/mol. The van der Waals surface area contributed by atoms with Crippen LogP contribution in [0.5, 0.6) is 0 Å². The molecule has 4 heteroatoms. The van der Waals surface area contributed by atoms with Crippen molar-refractivity contribution < 1.29 is 0 Å². The van der Waals surface area contributed by atoms with Crippen molar-refractivity contribution in [3.63, 3.8) is 0 Å². The van der Waals surface area contributed by atoms with Crippen molar-refractivity contribution in [2.45, 2.75) is 39.8 Å². The first-order chi connectivity index (χ1) is 10.5. The molecule has 0 fully saturated rings. The van der Waals surface area contributed by atoms with Crippen molar-refractivity contribution in [1.29, 1.82) is 0 Å². The molecule has 124 valence electrons. The maximum Gasteiger partial charge on any atom is 0.191 e. The van der Waals surface area contributed by atoms with Crippen LogP contribution < -0.4 is 10.6 Å². The van der Waals surface area contributed by atoms with E-state index >= 15 is 0 Å². The maximum atomic E-state index is 4.28. The fourth-order valence-electron chi connectivity index (χ4n) is 2.33. The summed E-state index contributed by atoms with van der Waals surface area (Å²) in [5, 5.41) is 6.75. The van der Waals surface area contributed by atoms with Crippen molar-refractivity contribution in [2.75, 3.05) is 27.7 Å². The second kappa shape index (κ2) is 10.2. The molecule has 0 amide bonds. The van der Waals surface area contributed by atoms with Crippen LogP contribution in [0.4, 0.5) is 0 Å². The van der Waals surface area contributed by atoms with Gasteiger partial charge < -0.3 is 15.5 Å². The summed E-state index contributed by atoms with van der Waals surface area (Å²) >= 11 is 0. The molecule has 0 aliphatic rings. The molecule has 1 rings (SSSR count). The zero-order chi connectivity index (χ0) is 16.4. The largest absolute Gasteiger partial charge is 0.356 e. The average molecular weight is 304 g/mol. The fourth-order valence-corrected chi connectivity index (χ4v) is 2.33. The third-order valence-electron chi connectivity index (χ3n) is 3.42. The van der Waals surface area contributed by atoms with E-state index in [2.05, 4.69) is 72.7 Å². The van der Waals surface area contributed by atoms with Gasteiger partial charge in [-0.15, -0.1) is 0 Å². The lowest BCUT2D eigenvalue weighted by Crippen LogP contribution is -2.37. The van der Waals surface area contributed by atoms with Crippen LogP contribution in [0.2, 0.25) is 0 Å². The molecule has 2 N–H and O–H groups in total. The van der Waals surface area contributed by atoms with E-state index in [4.69, 9.17) is 0 Å². The lowest BCUT2D eigenvalue weighted by Gasteiger charge is -2.14. The number of hydrogen-bond donors (Lipinski definition) is 2. The van der Waals surface area contributed by atoms with Gasteiger partial charge in [0.1, 0.15) is 0 Å². The van der Waals surface area contributed by atoms with Gasteiger partial charge >= 0.3 is 0 Å². The molecule has 0 aliphatic carbocycles. The number of nitrogens with one attached hydrogen (secondary N) is 2. The van der Waals surface area contributed by atoms with Crippen molar-refractivity contribution in [2.24, 2.45) is 10.9 Å². The summed E-state index contributed by atoms with van der Waals surface area (Å²) in [6.45, 7) is 7.25. The molecule has 0 bridgehead atoms. The predicted octanol–water partition coefficient (Wildman–Crippen LogP) is 2.85. The molecule has 0 aromatic heterocycles. The topological polar surface area (TPSA) is 39.7 Å². The highest BCUT2D eigenvalue weighted by Gasteiger charge is 2.01. The Bertz CT molecular complexity index is 452. The molecule has 22 heavy (non-hydrogen) atoms. The Labute approximate surface area is 136 Å². The zero-order valence-electron chi connectivity index (χ0n) is 14.8. The zero-order valence-corrected chi connectivity index (χ0v) is 14.8. The highest BCUT2D eigenvalue weighted by Crippen LogP contribution is 2.07. The lowest BCUT2D eigenvalue weighted by molar-refractivity contribution is 0.402. The molecular formula is C18H32N4. The summed E-state index contributed by atoms with van der Waals surface area (Å²) in [4.78, 5) is 6.46. The molecule has 0 atom stereocenters. The summed E-state index contributed by atoms with van der Waals surface area (Å²) in [5.41, 5.74) is 2.62. The Hall–Kier alpha value is -1.55. The van der Waals surface area contributed by atoms with E-state index in [1.807, 2.05) is 7.05 Å². The van der Waals surface area contributed by atoms with Gasteiger partial charge in [0, 0.05) is 26.7 Å². The summed E-state index contributed by atoms with van der Waals surface area (Å²) in [6, 6.07) is 8.69. The summed E-state index contributed by atoms with van der Waals surface area (Å²) in [7, 11) is 6.00. The SMILES string of the molecule is CN=C(NCCCC(C)C)NCc1cccc(CN(C)C)c1. The second-order valence-electron chi connectivity index (χ2n) is 6.45. The predicted molar refractivity (Wildman–Crippen MR) is 96.1 cm³/mol. The van der Waals surface area contributed by atoms with E-state index in [-0.39, 0.29) is 0 Å². The van der Waals surface area contributed by atoms with Crippen LogP contribution >= 0.6 is 0 Å². The van der Waals surface area contributed by atoms with Crippen LogP contribution in [-0.4, -0.2) is 38.5 Å². The fraction of sp³-hybridized carbons (Fsp3) is 0.611. The van der Waals surface area contributed by atoms with E-state index in [1.54, 1.807) is 0 Å². The highest BCUT2D eigenvalue weighted by atomic mass is 15.2. The minimum absolute atomic E-state index is 0.760. The third kappa shape index (κ3) is 8.03. The van der Waals surface area contributed by atoms with Crippen molar-refractivity contribution in [3.05, 3.63) is 35.4 Å². The Morgan fingerprint density at radius 2 is 1.91 bits per heavy atom. The van der Waals surface area contributed by atoms with Crippen LogP contribution in [0.15, 0.2) is 29.3 Å². The number of nitrogens with zero attached hydrogens (tertiary/aromatic N) is 2. The average Bonchev–Trinajstić information content (AvgIpc) is 2.46. The van der Waals surface area contributed by atoms with Gasteiger partial charge in [-0.2, -0.15) is 0 Å². The van der Waals surface area contributed by atoms with Crippen LogP contribution in [0.3, 0.4) is 0 Å². The van der Waals surface area contributed by atoms with Crippen molar-refractivity contribution in [3.8, 4) is 0 Å². The first-order valence-corrected chi connectivity index (χ1v) is 8.18.